The fraction of sp³-hybridized carbons (Fsp3) is 0.391. The van der Waals surface area contributed by atoms with Crippen LogP contribution in [0.25, 0.3) is 11.1 Å². The fourth-order valence-electron chi connectivity index (χ4n) is 3.94. The van der Waals surface area contributed by atoms with Gasteiger partial charge >= 0.3 is 0 Å². The number of nitrogens with one attached hydrogen (secondary N) is 2. The van der Waals surface area contributed by atoms with E-state index in [0.29, 0.717) is 6.54 Å². The van der Waals surface area contributed by atoms with Gasteiger partial charge in [-0.3, -0.25) is 9.59 Å². The first-order valence-corrected chi connectivity index (χ1v) is 10.1. The monoisotopic (exact) mass is 378 g/mol. The third kappa shape index (κ3) is 4.35. The van der Waals surface area contributed by atoms with Crippen LogP contribution < -0.4 is 15.4 Å². The predicted octanol–water partition coefficient (Wildman–Crippen LogP) is 3.21. The van der Waals surface area contributed by atoms with Crippen molar-refractivity contribution < 1.29 is 14.3 Å². The van der Waals surface area contributed by atoms with Crippen molar-refractivity contribution in [3.63, 3.8) is 0 Å². The highest BCUT2D eigenvalue weighted by Crippen LogP contribution is 2.30. The summed E-state index contributed by atoms with van der Waals surface area (Å²) in [6.07, 6.45) is 5.07. The summed E-state index contributed by atoms with van der Waals surface area (Å²) in [5, 5.41) is 5.62. The highest BCUT2D eigenvalue weighted by atomic mass is 16.5. The quantitative estimate of drug-likeness (QED) is 0.811. The molecule has 2 N–H and O–H groups in total. The number of fused-ring (bicyclic) bond motifs is 1. The summed E-state index contributed by atoms with van der Waals surface area (Å²) in [6, 6.07) is 14.5. The van der Waals surface area contributed by atoms with Crippen LogP contribution in [0.4, 0.5) is 0 Å². The molecule has 5 nitrogen and oxygen atoms in total. The van der Waals surface area contributed by atoms with E-state index < -0.39 is 0 Å². The Morgan fingerprint density at radius 2 is 1.71 bits per heavy atom. The first kappa shape index (κ1) is 18.5. The van der Waals surface area contributed by atoms with E-state index in [1.54, 1.807) is 0 Å². The maximum Gasteiger partial charge on any atom is 0.239 e. The van der Waals surface area contributed by atoms with Gasteiger partial charge in [-0.25, -0.2) is 0 Å². The molecule has 0 bridgehead atoms. The van der Waals surface area contributed by atoms with E-state index in [9.17, 15) is 9.59 Å². The number of ether oxygens (including phenoxy) is 1. The van der Waals surface area contributed by atoms with Crippen molar-refractivity contribution in [2.45, 2.75) is 38.6 Å². The SMILES string of the molecule is O=C(CNC(=O)C1CCCC1)NCc1ccc(-c2ccc3c(c2)CCO3)cc1. The van der Waals surface area contributed by atoms with Crippen LogP contribution in [0.3, 0.4) is 0 Å². The molecule has 1 aliphatic carbocycles. The van der Waals surface area contributed by atoms with Crippen LogP contribution in [0.15, 0.2) is 42.5 Å². The number of rotatable bonds is 6. The number of hydrogen-bond acceptors (Lipinski definition) is 3. The molecular weight excluding hydrogens is 352 g/mol. The van der Waals surface area contributed by atoms with Gasteiger partial charge in [0.15, 0.2) is 0 Å². The van der Waals surface area contributed by atoms with Crippen LogP contribution >= 0.6 is 0 Å². The molecule has 1 saturated carbocycles. The largest absolute Gasteiger partial charge is 0.493 e. The Balaban J connectivity index is 1.26. The summed E-state index contributed by atoms with van der Waals surface area (Å²) >= 11 is 0. The zero-order valence-corrected chi connectivity index (χ0v) is 16.0. The van der Waals surface area contributed by atoms with Gasteiger partial charge in [0.1, 0.15) is 5.75 Å². The second-order valence-corrected chi connectivity index (χ2v) is 7.59. The summed E-state index contributed by atoms with van der Waals surface area (Å²) < 4.78 is 5.56. The van der Waals surface area contributed by atoms with Crippen LogP contribution in [-0.4, -0.2) is 25.0 Å². The minimum absolute atomic E-state index is 0.0109. The number of carbonyl (C=O) groups is 2. The Morgan fingerprint density at radius 1 is 0.964 bits per heavy atom. The van der Waals surface area contributed by atoms with E-state index in [1.165, 1.54) is 11.1 Å². The molecule has 146 valence electrons. The Morgan fingerprint density at radius 3 is 2.50 bits per heavy atom. The maximum atomic E-state index is 12.0. The summed E-state index contributed by atoms with van der Waals surface area (Å²) in [4.78, 5) is 24.0. The molecule has 2 amide bonds. The molecule has 2 aliphatic rings. The van der Waals surface area contributed by atoms with Gasteiger partial charge in [0, 0.05) is 18.9 Å². The lowest BCUT2D eigenvalue weighted by Gasteiger charge is -2.11. The van der Waals surface area contributed by atoms with E-state index in [4.69, 9.17) is 4.74 Å². The van der Waals surface area contributed by atoms with Gasteiger partial charge in [-0.2, -0.15) is 0 Å². The zero-order valence-electron chi connectivity index (χ0n) is 16.0. The molecule has 0 unspecified atom stereocenters. The van der Waals surface area contributed by atoms with Gasteiger partial charge in [-0.15, -0.1) is 0 Å². The van der Waals surface area contributed by atoms with Crippen LogP contribution in [-0.2, 0) is 22.6 Å². The molecule has 0 atom stereocenters. The van der Waals surface area contributed by atoms with Gasteiger partial charge in [-0.05, 0) is 47.2 Å². The Hall–Kier alpha value is -2.82. The van der Waals surface area contributed by atoms with E-state index in [0.717, 1.165) is 55.6 Å². The average molecular weight is 378 g/mol. The third-order valence-corrected chi connectivity index (χ3v) is 5.62. The van der Waals surface area contributed by atoms with Crippen molar-refractivity contribution in [3.8, 4) is 16.9 Å². The van der Waals surface area contributed by atoms with Gasteiger partial charge in [0.05, 0.1) is 13.2 Å². The molecule has 28 heavy (non-hydrogen) atoms. The molecular formula is C23H26N2O3. The normalized spacial score (nSPS) is 15.7. The first-order chi connectivity index (χ1) is 13.7. The lowest BCUT2D eigenvalue weighted by atomic mass is 10.0. The predicted molar refractivity (Wildman–Crippen MR) is 108 cm³/mol. The zero-order chi connectivity index (χ0) is 19.3. The van der Waals surface area contributed by atoms with E-state index in [1.807, 2.05) is 18.2 Å². The molecule has 2 aromatic carbocycles. The summed E-state index contributed by atoms with van der Waals surface area (Å²) in [7, 11) is 0. The van der Waals surface area contributed by atoms with E-state index >= 15 is 0 Å². The van der Waals surface area contributed by atoms with Crippen molar-refractivity contribution >= 4 is 11.8 Å². The van der Waals surface area contributed by atoms with Crippen LogP contribution in [0.2, 0.25) is 0 Å². The van der Waals surface area contributed by atoms with Crippen LogP contribution in [0.5, 0.6) is 5.75 Å². The minimum Gasteiger partial charge on any atom is -0.493 e. The van der Waals surface area contributed by atoms with Crippen LogP contribution in [0, 0.1) is 5.92 Å². The molecule has 1 heterocycles. The molecule has 1 aliphatic heterocycles. The topological polar surface area (TPSA) is 67.4 Å². The minimum atomic E-state index is -0.158. The Labute approximate surface area is 165 Å². The van der Waals surface area contributed by atoms with E-state index in [2.05, 4.69) is 34.9 Å². The lowest BCUT2D eigenvalue weighted by Crippen LogP contribution is -2.38. The smallest absolute Gasteiger partial charge is 0.239 e. The number of benzene rings is 2. The molecule has 0 radical (unpaired) electrons. The summed E-state index contributed by atoms with van der Waals surface area (Å²) in [6.45, 7) is 1.26. The highest BCUT2D eigenvalue weighted by molar-refractivity contribution is 5.85. The molecule has 1 fully saturated rings. The molecule has 4 rings (SSSR count). The molecule has 0 saturated heterocycles. The number of carbonyl (C=O) groups excluding carboxylic acids is 2. The summed E-state index contributed by atoms with van der Waals surface area (Å²) in [5.74, 6) is 0.931. The Bertz CT molecular complexity index is 855. The first-order valence-electron chi connectivity index (χ1n) is 10.1. The van der Waals surface area contributed by atoms with E-state index in [-0.39, 0.29) is 24.3 Å². The fourth-order valence-corrected chi connectivity index (χ4v) is 3.94. The standard InChI is InChI=1S/C23H26N2O3/c26-22(15-25-23(27)18-3-1-2-4-18)24-14-16-5-7-17(8-6-16)19-9-10-21-20(13-19)11-12-28-21/h5-10,13,18H,1-4,11-12,14-15H2,(H,24,26)(H,25,27). The van der Waals surface area contributed by atoms with Gasteiger partial charge in [0.25, 0.3) is 0 Å². The molecule has 0 spiro atoms. The van der Waals surface area contributed by atoms with Crippen molar-refractivity contribution in [3.05, 3.63) is 53.6 Å². The van der Waals surface area contributed by atoms with Crippen LogP contribution in [0.1, 0.15) is 36.8 Å². The maximum absolute atomic E-state index is 12.0. The molecule has 0 aromatic heterocycles. The second-order valence-electron chi connectivity index (χ2n) is 7.59. The van der Waals surface area contributed by atoms with Crippen molar-refractivity contribution in [1.82, 2.24) is 10.6 Å². The van der Waals surface area contributed by atoms with Crippen molar-refractivity contribution in [2.24, 2.45) is 5.92 Å². The third-order valence-electron chi connectivity index (χ3n) is 5.62. The lowest BCUT2D eigenvalue weighted by molar-refractivity contribution is -0.128. The second kappa shape index (κ2) is 8.46. The Kier molecular flexibility index (Phi) is 5.60. The molecule has 5 heteroatoms. The molecule has 2 aromatic rings. The number of amides is 2. The van der Waals surface area contributed by atoms with Gasteiger partial charge < -0.3 is 15.4 Å². The highest BCUT2D eigenvalue weighted by Gasteiger charge is 2.22. The summed E-state index contributed by atoms with van der Waals surface area (Å²) in [5.41, 5.74) is 4.61. The van der Waals surface area contributed by atoms with Crippen molar-refractivity contribution in [2.75, 3.05) is 13.2 Å². The van der Waals surface area contributed by atoms with Gasteiger partial charge in [-0.1, -0.05) is 43.2 Å². The van der Waals surface area contributed by atoms with Crippen molar-refractivity contribution in [1.29, 1.82) is 0 Å². The average Bonchev–Trinajstić information content (AvgIpc) is 3.42. The van der Waals surface area contributed by atoms with Gasteiger partial charge in [0.2, 0.25) is 11.8 Å². The number of hydrogen-bond donors (Lipinski definition) is 2.